The van der Waals surface area contributed by atoms with Crippen molar-refractivity contribution in [3.63, 3.8) is 0 Å². The number of halogens is 1. The molecule has 0 radical (unpaired) electrons. The maximum Gasteiger partial charge on any atom is 0.107 e. The molecule has 4 rings (SSSR count). The summed E-state index contributed by atoms with van der Waals surface area (Å²) >= 11 is 12.3. The average Bonchev–Trinajstić information content (AvgIpc) is 2.70. The summed E-state index contributed by atoms with van der Waals surface area (Å²) < 4.78 is 0. The predicted molar refractivity (Wildman–Crippen MR) is 109 cm³/mol. The first-order valence-electron chi connectivity index (χ1n) is 8.37. The third-order valence-electron chi connectivity index (χ3n) is 4.66. The smallest absolute Gasteiger partial charge is 0.107 e. The zero-order chi connectivity index (χ0) is 17.6. The molecule has 0 amide bonds. The Kier molecular flexibility index (Phi) is 3.97. The van der Waals surface area contributed by atoms with Crippen molar-refractivity contribution in [2.45, 2.75) is 31.8 Å². The van der Waals surface area contributed by atoms with Gasteiger partial charge in [-0.3, -0.25) is 0 Å². The van der Waals surface area contributed by atoms with Crippen molar-refractivity contribution >= 4 is 40.2 Å². The zero-order valence-corrected chi connectivity index (χ0v) is 15.8. The summed E-state index contributed by atoms with van der Waals surface area (Å²) in [5, 5.41) is 11.5. The molecule has 0 saturated carbocycles. The summed E-state index contributed by atoms with van der Waals surface area (Å²) in [5.74, 6) is 0. The molecule has 3 nitrogen and oxygen atoms in total. The van der Waals surface area contributed by atoms with Gasteiger partial charge in [-0.05, 0) is 37.6 Å². The first-order chi connectivity index (χ1) is 11.9. The van der Waals surface area contributed by atoms with Crippen molar-refractivity contribution in [1.82, 2.24) is 5.32 Å². The van der Waals surface area contributed by atoms with Crippen molar-refractivity contribution in [2.75, 3.05) is 10.6 Å². The molecule has 2 aliphatic rings. The lowest BCUT2D eigenvalue weighted by Gasteiger charge is -2.37. The number of nitrogens with one attached hydrogen (secondary N) is 3. The highest BCUT2D eigenvalue weighted by molar-refractivity contribution is 7.80. The van der Waals surface area contributed by atoms with E-state index in [1.807, 2.05) is 30.3 Å². The molecule has 128 valence electrons. The summed E-state index contributed by atoms with van der Waals surface area (Å²) in [6.07, 6.45) is 0.861. The van der Waals surface area contributed by atoms with E-state index in [1.54, 1.807) is 0 Å². The van der Waals surface area contributed by atoms with E-state index in [-0.39, 0.29) is 11.6 Å². The molecular formula is C20H20ClN3S. The second-order valence-corrected chi connectivity index (χ2v) is 7.99. The number of para-hydroxylation sites is 2. The average molecular weight is 370 g/mol. The van der Waals surface area contributed by atoms with Crippen LogP contribution in [-0.2, 0) is 0 Å². The molecule has 0 aliphatic carbocycles. The van der Waals surface area contributed by atoms with Crippen LogP contribution in [0.4, 0.5) is 11.4 Å². The Balaban J connectivity index is 1.92. The van der Waals surface area contributed by atoms with Crippen LogP contribution in [0.15, 0.2) is 59.8 Å². The summed E-state index contributed by atoms with van der Waals surface area (Å²) in [7, 11) is 0. The van der Waals surface area contributed by atoms with Crippen molar-refractivity contribution < 1.29 is 0 Å². The quantitative estimate of drug-likeness (QED) is 0.598. The lowest BCUT2D eigenvalue weighted by atomic mass is 9.86. The Hall–Kier alpha value is -2.04. The van der Waals surface area contributed by atoms with Gasteiger partial charge in [-0.1, -0.05) is 54.2 Å². The van der Waals surface area contributed by atoms with Crippen LogP contribution in [0.25, 0.3) is 0 Å². The Bertz CT molecular complexity index is 888. The SMILES string of the molecule is CC1(C)CC2=C(C(=S)N1)C(c1ccccc1Cl)Nc1ccccc1N2. The number of hydrogen-bond acceptors (Lipinski definition) is 3. The van der Waals surface area contributed by atoms with E-state index in [1.165, 1.54) is 0 Å². The molecule has 5 heteroatoms. The molecule has 1 atom stereocenters. The molecule has 0 aromatic heterocycles. The number of hydrogen-bond donors (Lipinski definition) is 3. The van der Waals surface area contributed by atoms with Gasteiger partial charge >= 0.3 is 0 Å². The molecule has 2 aliphatic heterocycles. The highest BCUT2D eigenvalue weighted by Crippen LogP contribution is 2.42. The van der Waals surface area contributed by atoms with Crippen LogP contribution in [0, 0.1) is 0 Å². The fourth-order valence-electron chi connectivity index (χ4n) is 3.56. The standard InChI is InChI=1S/C20H20ClN3S/c1-20(2)11-16-17(19(25)24-20)18(12-7-3-4-8-13(12)21)23-15-10-6-5-9-14(15)22-16/h3-10,18,22-23H,11H2,1-2H3,(H,24,25). The second-order valence-electron chi connectivity index (χ2n) is 7.18. The zero-order valence-electron chi connectivity index (χ0n) is 14.2. The Morgan fingerprint density at radius 3 is 2.48 bits per heavy atom. The molecule has 2 heterocycles. The van der Waals surface area contributed by atoms with E-state index in [4.69, 9.17) is 23.8 Å². The van der Waals surface area contributed by atoms with Crippen LogP contribution < -0.4 is 16.0 Å². The maximum absolute atomic E-state index is 6.53. The molecule has 25 heavy (non-hydrogen) atoms. The molecule has 1 unspecified atom stereocenters. The highest BCUT2D eigenvalue weighted by Gasteiger charge is 2.36. The second kappa shape index (κ2) is 6.04. The van der Waals surface area contributed by atoms with Gasteiger partial charge in [0, 0.05) is 28.3 Å². The van der Waals surface area contributed by atoms with E-state index in [9.17, 15) is 0 Å². The Labute approximate surface area is 158 Å². The third-order valence-corrected chi connectivity index (χ3v) is 5.32. The number of fused-ring (bicyclic) bond motifs is 1. The van der Waals surface area contributed by atoms with Gasteiger partial charge in [-0.2, -0.15) is 0 Å². The summed E-state index contributed by atoms with van der Waals surface area (Å²) in [6.45, 7) is 4.33. The number of benzene rings is 2. The summed E-state index contributed by atoms with van der Waals surface area (Å²) in [6, 6.07) is 16.1. The van der Waals surface area contributed by atoms with Crippen molar-refractivity contribution in [2.24, 2.45) is 0 Å². The van der Waals surface area contributed by atoms with E-state index >= 15 is 0 Å². The fourth-order valence-corrected chi connectivity index (χ4v) is 4.32. The van der Waals surface area contributed by atoms with E-state index in [0.29, 0.717) is 0 Å². The van der Waals surface area contributed by atoms with Gasteiger partial charge in [0.05, 0.1) is 17.4 Å². The summed E-state index contributed by atoms with van der Waals surface area (Å²) in [4.78, 5) is 0.768. The van der Waals surface area contributed by atoms with Gasteiger partial charge in [-0.25, -0.2) is 0 Å². The van der Waals surface area contributed by atoms with E-state index in [2.05, 4.69) is 48.0 Å². The molecule has 0 spiro atoms. The predicted octanol–water partition coefficient (Wildman–Crippen LogP) is 5.27. The first-order valence-corrected chi connectivity index (χ1v) is 9.16. The first kappa shape index (κ1) is 16.4. The lowest BCUT2D eigenvalue weighted by molar-refractivity contribution is 0.447. The number of anilines is 2. The van der Waals surface area contributed by atoms with Crippen LogP contribution in [0.5, 0.6) is 0 Å². The van der Waals surface area contributed by atoms with Gasteiger partial charge in [0.2, 0.25) is 0 Å². The summed E-state index contributed by atoms with van der Waals surface area (Å²) in [5.41, 5.74) is 5.26. The minimum Gasteiger partial charge on any atom is -0.372 e. The molecule has 2 aromatic carbocycles. The van der Waals surface area contributed by atoms with Crippen molar-refractivity contribution in [3.05, 3.63) is 70.4 Å². The van der Waals surface area contributed by atoms with Crippen LogP contribution >= 0.6 is 23.8 Å². The minimum absolute atomic E-state index is 0.0900. The van der Waals surface area contributed by atoms with Gasteiger partial charge < -0.3 is 16.0 Å². The van der Waals surface area contributed by atoms with Crippen LogP contribution in [0.2, 0.25) is 5.02 Å². The van der Waals surface area contributed by atoms with Gasteiger partial charge in [0.15, 0.2) is 0 Å². The van der Waals surface area contributed by atoms with Crippen molar-refractivity contribution in [1.29, 1.82) is 0 Å². The van der Waals surface area contributed by atoms with Crippen LogP contribution in [-0.4, -0.2) is 10.5 Å². The topological polar surface area (TPSA) is 36.1 Å². The van der Waals surface area contributed by atoms with E-state index in [0.717, 1.165) is 44.6 Å². The minimum atomic E-state index is -0.101. The maximum atomic E-state index is 6.53. The van der Waals surface area contributed by atoms with Crippen LogP contribution in [0.3, 0.4) is 0 Å². The largest absolute Gasteiger partial charge is 0.372 e. The molecular weight excluding hydrogens is 350 g/mol. The molecule has 0 saturated heterocycles. The van der Waals surface area contributed by atoms with Gasteiger partial charge in [-0.15, -0.1) is 0 Å². The Morgan fingerprint density at radius 1 is 1.04 bits per heavy atom. The highest BCUT2D eigenvalue weighted by atomic mass is 35.5. The fraction of sp³-hybridized carbons (Fsp3) is 0.250. The lowest BCUT2D eigenvalue weighted by Crippen LogP contribution is -2.49. The van der Waals surface area contributed by atoms with Crippen molar-refractivity contribution in [3.8, 4) is 0 Å². The van der Waals surface area contributed by atoms with E-state index < -0.39 is 0 Å². The van der Waals surface area contributed by atoms with Gasteiger partial charge in [0.25, 0.3) is 0 Å². The van der Waals surface area contributed by atoms with Crippen LogP contribution in [0.1, 0.15) is 31.9 Å². The molecule has 3 N–H and O–H groups in total. The third kappa shape index (κ3) is 3.00. The van der Waals surface area contributed by atoms with Gasteiger partial charge in [0.1, 0.15) is 4.99 Å². The molecule has 0 fully saturated rings. The normalized spacial score (nSPS) is 21.2. The number of rotatable bonds is 1. The monoisotopic (exact) mass is 369 g/mol. The molecule has 2 aromatic rings. The number of thiocarbonyl (C=S) groups is 1. The molecule has 0 bridgehead atoms. The Morgan fingerprint density at radius 2 is 1.72 bits per heavy atom.